The predicted molar refractivity (Wildman–Crippen MR) is 131 cm³/mol. The molecule has 0 unspecified atom stereocenters. The number of aliphatic hydroxyl groups excluding tert-OH is 1. The van der Waals surface area contributed by atoms with Gasteiger partial charge in [-0.2, -0.15) is 0 Å². The van der Waals surface area contributed by atoms with E-state index in [9.17, 15) is 14.3 Å². The average Bonchev–Trinajstić information content (AvgIpc) is 3.30. The van der Waals surface area contributed by atoms with Crippen LogP contribution in [0.5, 0.6) is 11.5 Å². The van der Waals surface area contributed by atoms with Gasteiger partial charge in [0.15, 0.2) is 17.3 Å². The third-order valence-electron chi connectivity index (χ3n) is 5.86. The van der Waals surface area contributed by atoms with E-state index in [1.165, 1.54) is 25.6 Å². The highest BCUT2D eigenvalue weighted by Crippen LogP contribution is 2.40. The quantitative estimate of drug-likeness (QED) is 0.428. The molecule has 3 aromatic rings. The fraction of sp³-hybridized carbons (Fsp3) is 0.375. The van der Waals surface area contributed by atoms with Crippen LogP contribution in [0.2, 0.25) is 5.02 Å². The smallest absolute Gasteiger partial charge is 0.280 e. The summed E-state index contributed by atoms with van der Waals surface area (Å²) >= 11 is 5.92. The molecule has 1 aromatic heterocycles. The van der Waals surface area contributed by atoms with Gasteiger partial charge in [0.2, 0.25) is 5.72 Å². The molecule has 0 saturated carbocycles. The summed E-state index contributed by atoms with van der Waals surface area (Å²) in [6.07, 6.45) is 2.30. The molecule has 35 heavy (non-hydrogen) atoms. The number of hydrogen-bond acceptors (Lipinski definition) is 8. The van der Waals surface area contributed by atoms with Crippen molar-refractivity contribution in [3.63, 3.8) is 0 Å². The maximum absolute atomic E-state index is 14.5. The Labute approximate surface area is 208 Å². The Morgan fingerprint density at radius 2 is 2.23 bits per heavy atom. The number of anilines is 2. The van der Waals surface area contributed by atoms with Gasteiger partial charge in [0.05, 0.1) is 29.9 Å². The van der Waals surface area contributed by atoms with Crippen molar-refractivity contribution in [2.24, 2.45) is 0 Å². The molecule has 4 rings (SSSR count). The van der Waals surface area contributed by atoms with Crippen LogP contribution in [-0.2, 0) is 4.79 Å². The van der Waals surface area contributed by atoms with E-state index in [-0.39, 0.29) is 30.1 Å². The maximum Gasteiger partial charge on any atom is 0.280 e. The van der Waals surface area contributed by atoms with Crippen LogP contribution >= 0.6 is 11.6 Å². The second-order valence-electron chi connectivity index (χ2n) is 8.28. The average molecular weight is 505 g/mol. The van der Waals surface area contributed by atoms with E-state index in [2.05, 4.69) is 20.6 Å². The van der Waals surface area contributed by atoms with E-state index in [1.807, 2.05) is 0 Å². The molecule has 0 radical (unpaired) electrons. The molecule has 2 atom stereocenters. The number of carbonyl (C=O) groups excluding carboxylic acids is 1. The fourth-order valence-corrected chi connectivity index (χ4v) is 4.14. The largest absolute Gasteiger partial charge is 0.493 e. The molecule has 11 heteroatoms. The highest BCUT2D eigenvalue weighted by Gasteiger charge is 2.49. The van der Waals surface area contributed by atoms with Crippen LogP contribution in [0.25, 0.3) is 10.9 Å². The fourth-order valence-electron chi connectivity index (χ4n) is 3.96. The lowest BCUT2D eigenvalue weighted by Gasteiger charge is -2.36. The van der Waals surface area contributed by atoms with E-state index in [4.69, 9.17) is 22.4 Å². The van der Waals surface area contributed by atoms with Gasteiger partial charge in [-0.25, -0.2) is 14.4 Å². The van der Waals surface area contributed by atoms with Crippen LogP contribution in [-0.4, -0.2) is 64.9 Å². The Balaban J connectivity index is 1.78. The molecule has 2 aromatic carbocycles. The standard InChI is InChI=1S/C24H27ClFN5O4/c1-14(12-32)29-23(33)24(8-5-9-31(24)2)35-20-10-15-18(11-19(20)34-3)27-13-28-22(15)30-17-7-4-6-16(25)21(17)26/h4,6-7,10-11,13-14,32H,5,8-9,12H2,1-3H3,(H,29,33)(H,27,28,30)/t14-,24+/m0/s1/i2D. The number of likely N-dealkylation sites (N-methyl/N-ethyl adjacent to an activating group) is 1. The van der Waals surface area contributed by atoms with Crippen LogP contribution in [0, 0.1) is 5.82 Å². The number of rotatable bonds is 8. The number of methoxy groups -OCH3 is 1. The Morgan fingerprint density at radius 3 is 2.97 bits per heavy atom. The number of carbonyl (C=O) groups is 1. The van der Waals surface area contributed by atoms with Crippen LogP contribution in [0.4, 0.5) is 15.9 Å². The van der Waals surface area contributed by atoms with Crippen molar-refractivity contribution in [1.29, 1.82) is 0 Å². The number of amides is 1. The van der Waals surface area contributed by atoms with Crippen molar-refractivity contribution in [3.05, 3.63) is 47.5 Å². The molecule has 1 saturated heterocycles. The number of ether oxygens (including phenoxy) is 2. The summed E-state index contributed by atoms with van der Waals surface area (Å²) in [7, 11) is 1.30. The molecule has 0 spiro atoms. The Kier molecular flexibility index (Phi) is 6.85. The molecular weight excluding hydrogens is 477 g/mol. The van der Waals surface area contributed by atoms with Crippen molar-refractivity contribution < 1.29 is 25.1 Å². The topological polar surface area (TPSA) is 109 Å². The summed E-state index contributed by atoms with van der Waals surface area (Å²) in [6, 6.07) is 7.33. The van der Waals surface area contributed by atoms with E-state index in [0.29, 0.717) is 41.9 Å². The number of benzene rings is 2. The van der Waals surface area contributed by atoms with Gasteiger partial charge in [0.25, 0.3) is 5.91 Å². The second-order valence-corrected chi connectivity index (χ2v) is 8.69. The third-order valence-corrected chi connectivity index (χ3v) is 6.16. The summed E-state index contributed by atoms with van der Waals surface area (Å²) in [6.45, 7) is 1.92. The number of aromatic nitrogens is 2. The molecule has 1 aliphatic rings. The second kappa shape index (κ2) is 10.2. The van der Waals surface area contributed by atoms with Crippen molar-refractivity contribution >= 4 is 39.9 Å². The molecule has 9 nitrogen and oxygen atoms in total. The summed E-state index contributed by atoms with van der Waals surface area (Å²) in [5, 5.41) is 15.6. The van der Waals surface area contributed by atoms with E-state index >= 15 is 0 Å². The molecule has 3 N–H and O–H groups in total. The molecule has 0 bridgehead atoms. The Hall–Kier alpha value is -3.21. The minimum Gasteiger partial charge on any atom is -0.493 e. The SMILES string of the molecule is [2H]CN1CCC[C@@]1(Oc1cc2c(Nc3cccc(Cl)c3F)ncnc2cc1OC)C(=O)N[C@@H](C)CO. The number of hydrogen-bond donors (Lipinski definition) is 3. The predicted octanol–water partition coefficient (Wildman–Crippen LogP) is 3.47. The first-order chi connectivity index (χ1) is 17.3. The van der Waals surface area contributed by atoms with Gasteiger partial charge in [-0.15, -0.1) is 0 Å². The lowest BCUT2D eigenvalue weighted by Crippen LogP contribution is -2.59. The van der Waals surface area contributed by atoms with Gasteiger partial charge in [0.1, 0.15) is 12.1 Å². The first kappa shape index (κ1) is 23.5. The van der Waals surface area contributed by atoms with E-state index in [0.717, 1.165) is 0 Å². The Morgan fingerprint density at radius 1 is 1.40 bits per heavy atom. The van der Waals surface area contributed by atoms with Gasteiger partial charge in [0, 0.05) is 31.8 Å². The minimum atomic E-state index is -1.48. The van der Waals surface area contributed by atoms with Crippen LogP contribution in [0.15, 0.2) is 36.7 Å². The summed E-state index contributed by atoms with van der Waals surface area (Å²) in [4.78, 5) is 23.5. The number of nitrogens with zero attached hydrogens (tertiary/aromatic N) is 3. The molecule has 1 amide bonds. The lowest BCUT2D eigenvalue weighted by molar-refractivity contribution is -0.150. The number of likely N-dealkylation sites (tertiary alicyclic amines) is 1. The van der Waals surface area contributed by atoms with Gasteiger partial charge in [-0.05, 0) is 38.6 Å². The zero-order valence-electron chi connectivity index (χ0n) is 20.3. The highest BCUT2D eigenvalue weighted by atomic mass is 35.5. The number of nitrogens with one attached hydrogen (secondary N) is 2. The van der Waals surface area contributed by atoms with Crippen LogP contribution in [0.1, 0.15) is 21.1 Å². The zero-order chi connectivity index (χ0) is 25.9. The van der Waals surface area contributed by atoms with Crippen LogP contribution in [0.3, 0.4) is 0 Å². The van der Waals surface area contributed by atoms with Gasteiger partial charge >= 0.3 is 0 Å². The molecule has 186 valence electrons. The number of fused-ring (bicyclic) bond motifs is 1. The maximum atomic E-state index is 14.5. The molecule has 2 heterocycles. The van der Waals surface area contributed by atoms with E-state index < -0.39 is 23.5 Å². The summed E-state index contributed by atoms with van der Waals surface area (Å²) in [5.41, 5.74) is -0.852. The highest BCUT2D eigenvalue weighted by molar-refractivity contribution is 6.31. The number of aliphatic hydroxyl groups is 1. The first-order valence-electron chi connectivity index (χ1n) is 11.7. The molecule has 0 aliphatic carbocycles. The minimum absolute atomic E-state index is 0.0363. The lowest BCUT2D eigenvalue weighted by atomic mass is 10.1. The summed E-state index contributed by atoms with van der Waals surface area (Å²) in [5.74, 6) is -0.243. The van der Waals surface area contributed by atoms with Crippen LogP contribution < -0.4 is 20.1 Å². The Bertz CT molecular complexity index is 1270. The van der Waals surface area contributed by atoms with Gasteiger partial charge < -0.3 is 25.2 Å². The van der Waals surface area contributed by atoms with Crippen molar-refractivity contribution in [2.45, 2.75) is 31.5 Å². The van der Waals surface area contributed by atoms with Gasteiger partial charge in [-0.3, -0.25) is 9.69 Å². The number of halogens is 2. The van der Waals surface area contributed by atoms with Crippen molar-refractivity contribution in [1.82, 2.24) is 20.2 Å². The van der Waals surface area contributed by atoms with Gasteiger partial charge in [-0.1, -0.05) is 17.7 Å². The normalized spacial score (nSPS) is 19.3. The zero-order valence-corrected chi connectivity index (χ0v) is 20.1. The van der Waals surface area contributed by atoms with Crippen molar-refractivity contribution in [2.75, 3.05) is 32.6 Å². The monoisotopic (exact) mass is 504 g/mol. The summed E-state index contributed by atoms with van der Waals surface area (Å²) < 4.78 is 34.4. The third kappa shape index (κ3) is 4.82. The molecular formula is C24H27ClFN5O4. The van der Waals surface area contributed by atoms with E-state index in [1.54, 1.807) is 30.0 Å². The first-order valence-corrected chi connectivity index (χ1v) is 11.4. The molecule has 1 fully saturated rings. The van der Waals surface area contributed by atoms with Crippen molar-refractivity contribution in [3.8, 4) is 11.5 Å². The molecule has 1 aliphatic heterocycles.